The average molecular weight is 191 g/mol. The van der Waals surface area contributed by atoms with Gasteiger partial charge in [0.2, 0.25) is 0 Å². The number of nitrogens with zero attached hydrogens (tertiary/aromatic N) is 1. The van der Waals surface area contributed by atoms with Crippen LogP contribution < -0.4 is 0 Å². The molecule has 0 amide bonds. The van der Waals surface area contributed by atoms with E-state index in [9.17, 15) is 4.79 Å². The van der Waals surface area contributed by atoms with Gasteiger partial charge in [0.25, 0.3) is 0 Å². The third-order valence-corrected chi connectivity index (χ3v) is 1.92. The normalized spacial score (nSPS) is 11.7. The molecule has 1 atom stereocenters. The Labute approximate surface area is 81.0 Å². The maximum Gasteiger partial charge on any atom is 0.313 e. The smallest absolute Gasteiger partial charge is 0.313 e. The highest BCUT2D eigenvalue weighted by Gasteiger charge is 2.18. The van der Waals surface area contributed by atoms with Gasteiger partial charge in [0.1, 0.15) is 5.92 Å². The summed E-state index contributed by atoms with van der Waals surface area (Å²) in [4.78, 5) is 10.7. The summed E-state index contributed by atoms with van der Waals surface area (Å²) in [6, 6.07) is 8.06. The van der Waals surface area contributed by atoms with Crippen LogP contribution in [0.5, 0.6) is 0 Å². The van der Waals surface area contributed by atoms with E-state index >= 15 is 0 Å². The number of hydrogen-bond acceptors (Lipinski definition) is 3. The van der Waals surface area contributed by atoms with Crippen LogP contribution in [0.1, 0.15) is 17.0 Å². The van der Waals surface area contributed by atoms with Gasteiger partial charge in [-0.1, -0.05) is 12.1 Å². The van der Waals surface area contributed by atoms with Crippen molar-refractivity contribution in [2.75, 3.05) is 6.61 Å². The lowest BCUT2D eigenvalue weighted by molar-refractivity contribution is -0.139. The number of aliphatic carboxylic acids is 1. The minimum absolute atomic E-state index is 0.443. The SMILES string of the molecule is N#Cc1ccc(C(CO)C(=O)O)cc1. The van der Waals surface area contributed by atoms with Crippen molar-refractivity contribution in [3.05, 3.63) is 35.4 Å². The molecule has 4 heteroatoms. The Balaban J connectivity index is 2.96. The predicted octanol–water partition coefficient (Wildman–Crippen LogP) is 0.719. The number of aliphatic hydroxyl groups is 1. The maximum atomic E-state index is 10.7. The number of carbonyl (C=O) groups is 1. The lowest BCUT2D eigenvalue weighted by Gasteiger charge is -2.08. The molecule has 0 radical (unpaired) electrons. The molecule has 0 aliphatic carbocycles. The Morgan fingerprint density at radius 3 is 2.36 bits per heavy atom. The van der Waals surface area contributed by atoms with Crippen LogP contribution in [-0.4, -0.2) is 22.8 Å². The second-order valence-corrected chi connectivity index (χ2v) is 2.81. The highest BCUT2D eigenvalue weighted by atomic mass is 16.4. The van der Waals surface area contributed by atoms with Gasteiger partial charge >= 0.3 is 5.97 Å². The fraction of sp³-hybridized carbons (Fsp3) is 0.200. The van der Waals surface area contributed by atoms with E-state index in [2.05, 4.69) is 0 Å². The molecule has 1 unspecified atom stereocenters. The minimum atomic E-state index is -1.07. The first-order chi connectivity index (χ1) is 6.69. The summed E-state index contributed by atoms with van der Waals surface area (Å²) in [5.74, 6) is -1.99. The lowest BCUT2D eigenvalue weighted by atomic mass is 9.99. The molecule has 0 fully saturated rings. The number of hydrogen-bond donors (Lipinski definition) is 2. The Hall–Kier alpha value is -1.86. The molecule has 2 N–H and O–H groups in total. The molecule has 0 saturated heterocycles. The van der Waals surface area contributed by atoms with E-state index in [0.29, 0.717) is 11.1 Å². The molecule has 1 aromatic carbocycles. The third-order valence-electron chi connectivity index (χ3n) is 1.92. The zero-order valence-electron chi connectivity index (χ0n) is 7.34. The Kier molecular flexibility index (Phi) is 3.21. The molecule has 0 aromatic heterocycles. The van der Waals surface area contributed by atoms with E-state index in [1.54, 1.807) is 0 Å². The van der Waals surface area contributed by atoms with E-state index in [4.69, 9.17) is 15.5 Å². The standard InChI is InChI=1S/C10H9NO3/c11-5-7-1-3-8(4-2-7)9(6-12)10(13)14/h1-4,9,12H,6H2,(H,13,14). The molecule has 0 aliphatic rings. The van der Waals surface area contributed by atoms with Crippen molar-refractivity contribution >= 4 is 5.97 Å². The van der Waals surface area contributed by atoms with Crippen LogP contribution in [0, 0.1) is 11.3 Å². The average Bonchev–Trinajstić information content (AvgIpc) is 2.19. The van der Waals surface area contributed by atoms with Crippen molar-refractivity contribution in [2.24, 2.45) is 0 Å². The zero-order valence-corrected chi connectivity index (χ0v) is 7.34. The topological polar surface area (TPSA) is 81.3 Å². The molecule has 1 rings (SSSR count). The van der Waals surface area contributed by atoms with Crippen molar-refractivity contribution < 1.29 is 15.0 Å². The third kappa shape index (κ3) is 2.09. The van der Waals surface area contributed by atoms with Gasteiger partial charge in [-0.2, -0.15) is 5.26 Å². The highest BCUT2D eigenvalue weighted by molar-refractivity contribution is 5.76. The molecule has 14 heavy (non-hydrogen) atoms. The molecule has 1 aromatic rings. The summed E-state index contributed by atoms with van der Waals surface area (Å²) >= 11 is 0. The van der Waals surface area contributed by atoms with E-state index in [0.717, 1.165) is 0 Å². The molecule has 4 nitrogen and oxygen atoms in total. The van der Waals surface area contributed by atoms with Crippen LogP contribution in [0.3, 0.4) is 0 Å². The first-order valence-corrected chi connectivity index (χ1v) is 4.02. The van der Waals surface area contributed by atoms with Crippen LogP contribution >= 0.6 is 0 Å². The number of carboxylic acid groups (broad SMARTS) is 1. The van der Waals surface area contributed by atoms with Crippen LogP contribution in [0.15, 0.2) is 24.3 Å². The van der Waals surface area contributed by atoms with Crippen molar-refractivity contribution in [2.45, 2.75) is 5.92 Å². The number of nitriles is 1. The van der Waals surface area contributed by atoms with Gasteiger partial charge in [-0.3, -0.25) is 4.79 Å². The maximum absolute atomic E-state index is 10.7. The van der Waals surface area contributed by atoms with Gasteiger partial charge in [-0.05, 0) is 17.7 Å². The van der Waals surface area contributed by atoms with Gasteiger partial charge in [0.05, 0.1) is 18.2 Å². The summed E-state index contributed by atoms with van der Waals surface area (Å²) in [6.07, 6.45) is 0. The fourth-order valence-electron chi connectivity index (χ4n) is 1.12. The molecule has 0 spiro atoms. The van der Waals surface area contributed by atoms with Crippen LogP contribution in [0.25, 0.3) is 0 Å². The van der Waals surface area contributed by atoms with Gasteiger partial charge in [0.15, 0.2) is 0 Å². The molecule has 72 valence electrons. The zero-order chi connectivity index (χ0) is 10.6. The monoisotopic (exact) mass is 191 g/mol. The van der Waals surface area contributed by atoms with Crippen LogP contribution in [0.2, 0.25) is 0 Å². The largest absolute Gasteiger partial charge is 0.481 e. The minimum Gasteiger partial charge on any atom is -0.481 e. The van der Waals surface area contributed by atoms with Crippen molar-refractivity contribution in [1.82, 2.24) is 0 Å². The summed E-state index contributed by atoms with van der Waals surface area (Å²) in [7, 11) is 0. The van der Waals surface area contributed by atoms with Gasteiger partial charge in [-0.15, -0.1) is 0 Å². The number of aliphatic hydroxyl groups excluding tert-OH is 1. The van der Waals surface area contributed by atoms with Gasteiger partial charge in [0, 0.05) is 0 Å². The van der Waals surface area contributed by atoms with E-state index in [-0.39, 0.29) is 0 Å². The van der Waals surface area contributed by atoms with Gasteiger partial charge in [-0.25, -0.2) is 0 Å². The number of benzene rings is 1. The van der Waals surface area contributed by atoms with Crippen LogP contribution in [-0.2, 0) is 4.79 Å². The van der Waals surface area contributed by atoms with Crippen molar-refractivity contribution in [1.29, 1.82) is 5.26 Å². The van der Waals surface area contributed by atoms with Crippen molar-refractivity contribution in [3.63, 3.8) is 0 Å². The van der Waals surface area contributed by atoms with E-state index in [1.807, 2.05) is 6.07 Å². The Morgan fingerprint density at radius 1 is 1.43 bits per heavy atom. The Morgan fingerprint density at radius 2 is 2.00 bits per heavy atom. The first-order valence-electron chi connectivity index (χ1n) is 4.02. The second-order valence-electron chi connectivity index (χ2n) is 2.81. The summed E-state index contributed by atoms with van der Waals surface area (Å²) < 4.78 is 0. The fourth-order valence-corrected chi connectivity index (χ4v) is 1.12. The molecular formula is C10H9NO3. The molecule has 0 heterocycles. The summed E-state index contributed by atoms with van der Waals surface area (Å²) in [5, 5.41) is 26.1. The summed E-state index contributed by atoms with van der Waals surface area (Å²) in [5.41, 5.74) is 0.967. The lowest BCUT2D eigenvalue weighted by Crippen LogP contribution is -2.15. The van der Waals surface area contributed by atoms with Gasteiger partial charge < -0.3 is 10.2 Å². The number of carboxylic acids is 1. The Bertz CT molecular complexity index is 364. The van der Waals surface area contributed by atoms with Crippen molar-refractivity contribution in [3.8, 4) is 6.07 Å². The molecule has 0 saturated carbocycles. The molecule has 0 aliphatic heterocycles. The first kappa shape index (κ1) is 10.2. The van der Waals surface area contributed by atoms with E-state index < -0.39 is 18.5 Å². The van der Waals surface area contributed by atoms with E-state index in [1.165, 1.54) is 24.3 Å². The predicted molar refractivity (Wildman–Crippen MR) is 48.6 cm³/mol. The highest BCUT2D eigenvalue weighted by Crippen LogP contribution is 2.15. The molecule has 0 bridgehead atoms. The number of rotatable bonds is 3. The van der Waals surface area contributed by atoms with Crippen LogP contribution in [0.4, 0.5) is 0 Å². The quantitative estimate of drug-likeness (QED) is 0.737. The summed E-state index contributed by atoms with van der Waals surface area (Å²) in [6.45, 7) is -0.443. The molecular weight excluding hydrogens is 182 g/mol. The second kappa shape index (κ2) is 4.40.